The summed E-state index contributed by atoms with van der Waals surface area (Å²) in [6.07, 6.45) is 1.43. The van der Waals surface area contributed by atoms with Crippen molar-refractivity contribution in [2.75, 3.05) is 13.6 Å². The fourth-order valence-electron chi connectivity index (χ4n) is 1.84. The number of nitrogens with zero attached hydrogens (tertiary/aromatic N) is 2. The fourth-order valence-corrected chi connectivity index (χ4v) is 3.22. The summed E-state index contributed by atoms with van der Waals surface area (Å²) in [6.45, 7) is -0.372. The highest BCUT2D eigenvalue weighted by molar-refractivity contribution is 7.89. The van der Waals surface area contributed by atoms with Gasteiger partial charge in [0.05, 0.1) is 17.7 Å². The van der Waals surface area contributed by atoms with E-state index < -0.39 is 15.9 Å². The van der Waals surface area contributed by atoms with E-state index in [0.29, 0.717) is 10.0 Å². The number of benzene rings is 2. The number of nitrogens with one attached hydrogen (secondary N) is 1. The van der Waals surface area contributed by atoms with Gasteiger partial charge in [0.1, 0.15) is 0 Å². The van der Waals surface area contributed by atoms with E-state index >= 15 is 0 Å². The molecular formula is C16H15Cl2N3O3S. The molecule has 6 nitrogen and oxygen atoms in total. The van der Waals surface area contributed by atoms with E-state index in [9.17, 15) is 13.2 Å². The minimum atomic E-state index is -3.79. The van der Waals surface area contributed by atoms with Crippen LogP contribution in [0, 0.1) is 0 Å². The van der Waals surface area contributed by atoms with Crippen molar-refractivity contribution in [1.29, 1.82) is 0 Å². The molecule has 2 rings (SSSR count). The molecule has 0 heterocycles. The van der Waals surface area contributed by atoms with E-state index in [4.69, 9.17) is 23.2 Å². The summed E-state index contributed by atoms with van der Waals surface area (Å²) in [4.78, 5) is 11.9. The van der Waals surface area contributed by atoms with Crippen molar-refractivity contribution in [3.63, 3.8) is 0 Å². The fraction of sp³-hybridized carbons (Fsp3) is 0.125. The van der Waals surface area contributed by atoms with Gasteiger partial charge in [-0.25, -0.2) is 13.8 Å². The number of carbonyl (C=O) groups excluding carboxylic acids is 1. The lowest BCUT2D eigenvalue weighted by atomic mass is 10.2. The van der Waals surface area contributed by atoms with E-state index in [1.807, 2.05) is 0 Å². The number of carbonyl (C=O) groups is 1. The quantitative estimate of drug-likeness (QED) is 0.598. The molecule has 0 radical (unpaired) electrons. The average Bonchev–Trinajstić information content (AvgIpc) is 2.57. The van der Waals surface area contributed by atoms with Crippen molar-refractivity contribution >= 4 is 45.3 Å². The predicted molar refractivity (Wildman–Crippen MR) is 98.5 cm³/mol. The van der Waals surface area contributed by atoms with Crippen LogP contribution in [0.2, 0.25) is 10.0 Å². The summed E-state index contributed by atoms with van der Waals surface area (Å²) in [7, 11) is -2.47. The van der Waals surface area contributed by atoms with Crippen molar-refractivity contribution < 1.29 is 13.2 Å². The van der Waals surface area contributed by atoms with Gasteiger partial charge in [0, 0.05) is 17.1 Å². The van der Waals surface area contributed by atoms with Gasteiger partial charge in [-0.2, -0.15) is 9.41 Å². The van der Waals surface area contributed by atoms with E-state index in [1.165, 1.54) is 37.5 Å². The monoisotopic (exact) mass is 399 g/mol. The van der Waals surface area contributed by atoms with Gasteiger partial charge >= 0.3 is 0 Å². The molecule has 9 heteroatoms. The molecule has 0 aliphatic heterocycles. The summed E-state index contributed by atoms with van der Waals surface area (Å²) in [5.41, 5.74) is 3.02. The van der Waals surface area contributed by atoms with E-state index in [2.05, 4.69) is 10.5 Å². The maximum Gasteiger partial charge on any atom is 0.255 e. The summed E-state index contributed by atoms with van der Waals surface area (Å²) in [5, 5.41) is 4.80. The standard InChI is InChI=1S/C16H15Cl2N3O3S/c1-21(25(23,24)15-8-6-14(18)7-9-15)11-16(22)20-19-10-12-2-4-13(17)5-3-12/h2-10H,11H2,1H3,(H,20,22)/b19-10-. The summed E-state index contributed by atoms with van der Waals surface area (Å²) < 4.78 is 25.7. The first kappa shape index (κ1) is 19.4. The van der Waals surface area contributed by atoms with Crippen LogP contribution in [0.15, 0.2) is 58.5 Å². The van der Waals surface area contributed by atoms with Gasteiger partial charge in [-0.15, -0.1) is 0 Å². The number of rotatable bonds is 6. The molecule has 2 aromatic rings. The third-order valence-electron chi connectivity index (χ3n) is 3.16. The number of likely N-dealkylation sites (N-methyl/N-ethyl adjacent to an activating group) is 1. The Labute approximate surface area is 156 Å². The van der Waals surface area contributed by atoms with Crippen LogP contribution in [0.25, 0.3) is 0 Å². The molecule has 1 amide bonds. The largest absolute Gasteiger partial charge is 0.272 e. The van der Waals surface area contributed by atoms with Crippen molar-refractivity contribution in [2.24, 2.45) is 5.10 Å². The minimum Gasteiger partial charge on any atom is -0.272 e. The number of hydrogen-bond acceptors (Lipinski definition) is 4. The first-order valence-corrected chi connectivity index (χ1v) is 9.28. The molecule has 25 heavy (non-hydrogen) atoms. The van der Waals surface area contributed by atoms with Gasteiger partial charge in [0.15, 0.2) is 0 Å². The maximum atomic E-state index is 12.4. The van der Waals surface area contributed by atoms with E-state index in [-0.39, 0.29) is 11.4 Å². The Hall–Kier alpha value is -1.93. The van der Waals surface area contributed by atoms with Gasteiger partial charge in [0.25, 0.3) is 5.91 Å². The lowest BCUT2D eigenvalue weighted by Crippen LogP contribution is -2.36. The normalized spacial score (nSPS) is 11.8. The minimum absolute atomic E-state index is 0.0527. The molecule has 0 saturated carbocycles. The highest BCUT2D eigenvalue weighted by atomic mass is 35.5. The summed E-state index contributed by atoms with van der Waals surface area (Å²) >= 11 is 11.5. The van der Waals surface area contributed by atoms with Crippen molar-refractivity contribution in [1.82, 2.24) is 9.73 Å². The summed E-state index contributed by atoms with van der Waals surface area (Å²) in [5.74, 6) is -0.565. The van der Waals surface area contributed by atoms with E-state index in [0.717, 1.165) is 9.87 Å². The Balaban J connectivity index is 1.95. The zero-order valence-corrected chi connectivity index (χ0v) is 15.5. The molecule has 0 atom stereocenters. The molecule has 0 aliphatic carbocycles. The molecule has 2 aromatic carbocycles. The molecule has 0 aromatic heterocycles. The third kappa shape index (κ3) is 5.54. The number of amides is 1. The van der Waals surface area contributed by atoms with Crippen LogP contribution in [0.3, 0.4) is 0 Å². The predicted octanol–water partition coefficient (Wildman–Crippen LogP) is 2.76. The molecular weight excluding hydrogens is 385 g/mol. The van der Waals surface area contributed by atoms with E-state index in [1.54, 1.807) is 24.3 Å². The van der Waals surface area contributed by atoms with Gasteiger partial charge in [-0.3, -0.25) is 4.79 Å². The van der Waals surface area contributed by atoms with Crippen molar-refractivity contribution in [3.8, 4) is 0 Å². The Morgan fingerprint density at radius 3 is 2.16 bits per heavy atom. The Kier molecular flexibility index (Phi) is 6.55. The number of hydrogen-bond donors (Lipinski definition) is 1. The van der Waals surface area contributed by atoms with Gasteiger partial charge in [-0.1, -0.05) is 35.3 Å². The highest BCUT2D eigenvalue weighted by Crippen LogP contribution is 2.17. The smallest absolute Gasteiger partial charge is 0.255 e. The van der Waals surface area contributed by atoms with Crippen LogP contribution in [0.1, 0.15) is 5.56 Å². The number of sulfonamides is 1. The molecule has 1 N–H and O–H groups in total. The third-order valence-corrected chi connectivity index (χ3v) is 5.48. The molecule has 0 fully saturated rings. The van der Waals surface area contributed by atoms with Gasteiger partial charge < -0.3 is 0 Å². The lowest BCUT2D eigenvalue weighted by Gasteiger charge is -2.16. The SMILES string of the molecule is CN(CC(=O)N/N=C\c1ccc(Cl)cc1)S(=O)(=O)c1ccc(Cl)cc1. The van der Waals surface area contributed by atoms with Crippen LogP contribution >= 0.6 is 23.2 Å². The molecule has 0 bridgehead atoms. The van der Waals surface area contributed by atoms with Gasteiger partial charge in [0.2, 0.25) is 10.0 Å². The highest BCUT2D eigenvalue weighted by Gasteiger charge is 2.22. The lowest BCUT2D eigenvalue weighted by molar-refractivity contribution is -0.121. The molecule has 0 saturated heterocycles. The average molecular weight is 400 g/mol. The molecule has 132 valence electrons. The molecule has 0 spiro atoms. The first-order valence-electron chi connectivity index (χ1n) is 7.08. The summed E-state index contributed by atoms with van der Waals surface area (Å²) in [6, 6.07) is 12.5. The molecule has 0 aliphatic rings. The number of halogens is 2. The Morgan fingerprint density at radius 2 is 1.60 bits per heavy atom. The molecule has 0 unspecified atom stereocenters. The second-order valence-electron chi connectivity index (χ2n) is 5.06. The zero-order valence-electron chi connectivity index (χ0n) is 13.2. The first-order chi connectivity index (χ1) is 11.8. The van der Waals surface area contributed by atoms with Gasteiger partial charge in [-0.05, 0) is 42.0 Å². The van der Waals surface area contributed by atoms with Crippen LogP contribution in [0.5, 0.6) is 0 Å². The second-order valence-corrected chi connectivity index (χ2v) is 7.98. The number of hydrazone groups is 1. The van der Waals surface area contributed by atoms with Crippen LogP contribution < -0.4 is 5.43 Å². The van der Waals surface area contributed by atoms with Crippen molar-refractivity contribution in [2.45, 2.75) is 4.90 Å². The van der Waals surface area contributed by atoms with Crippen LogP contribution in [-0.4, -0.2) is 38.4 Å². The van der Waals surface area contributed by atoms with Crippen LogP contribution in [-0.2, 0) is 14.8 Å². The second kappa shape index (κ2) is 8.44. The topological polar surface area (TPSA) is 78.8 Å². The maximum absolute atomic E-state index is 12.4. The Morgan fingerprint density at radius 1 is 1.08 bits per heavy atom. The van der Waals surface area contributed by atoms with Crippen molar-refractivity contribution in [3.05, 3.63) is 64.1 Å². The van der Waals surface area contributed by atoms with Crippen LogP contribution in [0.4, 0.5) is 0 Å². The Bertz CT molecular complexity index is 867. The zero-order chi connectivity index (χ0) is 18.4.